The van der Waals surface area contributed by atoms with Crippen molar-refractivity contribution in [1.82, 2.24) is 15.3 Å². The van der Waals surface area contributed by atoms with E-state index in [4.69, 9.17) is 0 Å². The van der Waals surface area contributed by atoms with E-state index < -0.39 is 0 Å². The molecule has 2 N–H and O–H groups in total. The molecule has 0 radical (unpaired) electrons. The summed E-state index contributed by atoms with van der Waals surface area (Å²) in [5.41, 5.74) is 4.05. The topological polar surface area (TPSA) is 40.7 Å². The summed E-state index contributed by atoms with van der Waals surface area (Å²) < 4.78 is 0. The highest BCUT2D eigenvalue weighted by Gasteiger charge is 2.21. The first-order valence-electron chi connectivity index (χ1n) is 6.59. The van der Waals surface area contributed by atoms with Gasteiger partial charge in [0.25, 0.3) is 0 Å². The summed E-state index contributed by atoms with van der Waals surface area (Å²) >= 11 is 0. The Morgan fingerprint density at radius 3 is 2.72 bits per heavy atom. The standard InChI is InChI=1S/C15H19N3/c1-10(2)14-9-17-15(18-14)13-7-11-5-3-4-6-12(11)8-16-13/h3-6,9-10,13,16H,7-8H2,1-2H3,(H,17,18). The Morgan fingerprint density at radius 1 is 1.22 bits per heavy atom. The van der Waals surface area contributed by atoms with Crippen molar-refractivity contribution in [3.05, 3.63) is 53.1 Å². The first kappa shape index (κ1) is 11.5. The largest absolute Gasteiger partial charge is 0.344 e. The van der Waals surface area contributed by atoms with Gasteiger partial charge in [0.1, 0.15) is 5.82 Å². The Kier molecular flexibility index (Phi) is 2.92. The molecule has 1 atom stereocenters. The Balaban J connectivity index is 1.83. The van der Waals surface area contributed by atoms with Gasteiger partial charge in [-0.1, -0.05) is 38.1 Å². The lowest BCUT2D eigenvalue weighted by molar-refractivity contribution is 0.479. The predicted octanol–water partition coefficient (Wildman–Crippen LogP) is 2.92. The second-order valence-electron chi connectivity index (χ2n) is 5.28. The number of nitrogens with zero attached hydrogens (tertiary/aromatic N) is 1. The third-order valence-corrected chi connectivity index (χ3v) is 3.65. The lowest BCUT2D eigenvalue weighted by Gasteiger charge is -2.24. The van der Waals surface area contributed by atoms with Crippen molar-refractivity contribution < 1.29 is 0 Å². The van der Waals surface area contributed by atoms with Gasteiger partial charge in [-0.2, -0.15) is 0 Å². The molecule has 2 heterocycles. The van der Waals surface area contributed by atoms with Gasteiger partial charge in [-0.05, 0) is 23.5 Å². The quantitative estimate of drug-likeness (QED) is 0.848. The number of hydrogen-bond donors (Lipinski definition) is 2. The van der Waals surface area contributed by atoms with Crippen molar-refractivity contribution in [1.29, 1.82) is 0 Å². The van der Waals surface area contributed by atoms with E-state index in [2.05, 4.69) is 53.4 Å². The van der Waals surface area contributed by atoms with Crippen LogP contribution in [0.5, 0.6) is 0 Å². The minimum atomic E-state index is 0.312. The fraction of sp³-hybridized carbons (Fsp3) is 0.400. The van der Waals surface area contributed by atoms with Crippen molar-refractivity contribution in [2.24, 2.45) is 0 Å². The summed E-state index contributed by atoms with van der Waals surface area (Å²) in [5.74, 6) is 1.57. The van der Waals surface area contributed by atoms with Crippen LogP contribution in [-0.4, -0.2) is 9.97 Å². The molecular formula is C15H19N3. The first-order valence-corrected chi connectivity index (χ1v) is 6.59. The van der Waals surface area contributed by atoms with Crippen LogP contribution in [-0.2, 0) is 13.0 Å². The molecule has 2 aromatic rings. The maximum atomic E-state index is 4.52. The predicted molar refractivity (Wildman–Crippen MR) is 72.4 cm³/mol. The van der Waals surface area contributed by atoms with Crippen LogP contribution in [0.2, 0.25) is 0 Å². The minimum absolute atomic E-state index is 0.312. The van der Waals surface area contributed by atoms with Crippen LogP contribution in [0.25, 0.3) is 0 Å². The van der Waals surface area contributed by atoms with E-state index in [-0.39, 0.29) is 0 Å². The summed E-state index contributed by atoms with van der Waals surface area (Å²) in [7, 11) is 0. The Bertz CT molecular complexity index is 542. The SMILES string of the molecule is CC(C)c1cnc(C2Cc3ccccc3CN2)[nH]1. The van der Waals surface area contributed by atoms with Crippen molar-refractivity contribution in [2.75, 3.05) is 0 Å². The highest BCUT2D eigenvalue weighted by molar-refractivity contribution is 5.31. The summed E-state index contributed by atoms with van der Waals surface area (Å²) in [6.07, 6.45) is 2.98. The van der Waals surface area contributed by atoms with Crippen LogP contribution in [0.1, 0.15) is 48.5 Å². The van der Waals surface area contributed by atoms with E-state index in [0.29, 0.717) is 12.0 Å². The molecule has 0 amide bonds. The minimum Gasteiger partial charge on any atom is -0.344 e. The van der Waals surface area contributed by atoms with Crippen LogP contribution in [0.3, 0.4) is 0 Å². The van der Waals surface area contributed by atoms with Gasteiger partial charge in [0.2, 0.25) is 0 Å². The first-order chi connectivity index (χ1) is 8.74. The molecule has 0 saturated heterocycles. The van der Waals surface area contributed by atoms with Gasteiger partial charge in [0.05, 0.1) is 6.04 Å². The Hall–Kier alpha value is -1.61. The maximum Gasteiger partial charge on any atom is 0.123 e. The van der Waals surface area contributed by atoms with Crippen LogP contribution in [0.4, 0.5) is 0 Å². The van der Waals surface area contributed by atoms with Gasteiger partial charge in [0, 0.05) is 18.4 Å². The molecule has 1 aromatic carbocycles. The molecule has 3 heteroatoms. The molecule has 0 fully saturated rings. The van der Waals surface area contributed by atoms with Gasteiger partial charge in [0.15, 0.2) is 0 Å². The summed E-state index contributed by atoms with van der Waals surface area (Å²) in [4.78, 5) is 7.96. The molecule has 0 aliphatic carbocycles. The number of benzene rings is 1. The monoisotopic (exact) mass is 241 g/mol. The molecule has 0 spiro atoms. The molecule has 94 valence electrons. The van der Waals surface area contributed by atoms with E-state index in [0.717, 1.165) is 18.8 Å². The van der Waals surface area contributed by atoms with Crippen molar-refractivity contribution in [3.8, 4) is 0 Å². The number of imidazole rings is 1. The summed E-state index contributed by atoms with van der Waals surface area (Å²) in [6.45, 7) is 5.29. The molecule has 3 nitrogen and oxygen atoms in total. The third-order valence-electron chi connectivity index (χ3n) is 3.65. The maximum absolute atomic E-state index is 4.52. The van der Waals surface area contributed by atoms with Gasteiger partial charge in [-0.25, -0.2) is 4.98 Å². The van der Waals surface area contributed by atoms with Gasteiger partial charge in [-0.3, -0.25) is 0 Å². The number of aromatic amines is 1. The van der Waals surface area contributed by atoms with E-state index in [1.165, 1.54) is 16.8 Å². The van der Waals surface area contributed by atoms with Crippen LogP contribution in [0.15, 0.2) is 30.5 Å². The lowest BCUT2D eigenvalue weighted by Crippen LogP contribution is -2.29. The van der Waals surface area contributed by atoms with E-state index in [9.17, 15) is 0 Å². The molecule has 0 bridgehead atoms. The number of H-pyrrole nitrogens is 1. The van der Waals surface area contributed by atoms with Crippen LogP contribution >= 0.6 is 0 Å². The average molecular weight is 241 g/mol. The number of rotatable bonds is 2. The van der Waals surface area contributed by atoms with Gasteiger partial charge >= 0.3 is 0 Å². The second kappa shape index (κ2) is 4.58. The smallest absolute Gasteiger partial charge is 0.123 e. The highest BCUT2D eigenvalue weighted by Crippen LogP contribution is 2.25. The molecular weight excluding hydrogens is 222 g/mol. The fourth-order valence-corrected chi connectivity index (χ4v) is 2.47. The van der Waals surface area contributed by atoms with Gasteiger partial charge in [-0.15, -0.1) is 0 Å². The highest BCUT2D eigenvalue weighted by atomic mass is 15.0. The third kappa shape index (κ3) is 2.06. The normalized spacial score (nSPS) is 18.9. The lowest BCUT2D eigenvalue weighted by atomic mass is 9.95. The molecule has 0 saturated carbocycles. The average Bonchev–Trinajstić information content (AvgIpc) is 2.88. The second-order valence-corrected chi connectivity index (χ2v) is 5.28. The zero-order valence-corrected chi connectivity index (χ0v) is 10.9. The zero-order valence-electron chi connectivity index (χ0n) is 10.9. The van der Waals surface area contributed by atoms with Crippen LogP contribution in [0, 0.1) is 0 Å². The van der Waals surface area contributed by atoms with Gasteiger partial charge < -0.3 is 10.3 Å². The van der Waals surface area contributed by atoms with Crippen LogP contribution < -0.4 is 5.32 Å². The van der Waals surface area contributed by atoms with Crippen molar-refractivity contribution in [3.63, 3.8) is 0 Å². The number of aromatic nitrogens is 2. The molecule has 3 rings (SSSR count). The number of fused-ring (bicyclic) bond motifs is 1. The molecule has 1 aliphatic heterocycles. The molecule has 1 aromatic heterocycles. The van der Waals surface area contributed by atoms with E-state index in [1.807, 2.05) is 6.20 Å². The Morgan fingerprint density at radius 2 is 2.00 bits per heavy atom. The molecule has 1 unspecified atom stereocenters. The van der Waals surface area contributed by atoms with E-state index >= 15 is 0 Å². The summed E-state index contributed by atoms with van der Waals surface area (Å²) in [5, 5.41) is 3.55. The molecule has 18 heavy (non-hydrogen) atoms. The van der Waals surface area contributed by atoms with Crippen molar-refractivity contribution in [2.45, 2.75) is 38.8 Å². The zero-order chi connectivity index (χ0) is 12.5. The van der Waals surface area contributed by atoms with Crippen molar-refractivity contribution >= 4 is 0 Å². The Labute approximate surface area is 108 Å². The number of nitrogens with one attached hydrogen (secondary N) is 2. The van der Waals surface area contributed by atoms with E-state index in [1.54, 1.807) is 0 Å². The fourth-order valence-electron chi connectivity index (χ4n) is 2.47. The summed E-state index contributed by atoms with van der Waals surface area (Å²) in [6, 6.07) is 8.94. The number of hydrogen-bond acceptors (Lipinski definition) is 2. The molecule has 1 aliphatic rings.